The molecule has 3 N–H and O–H groups in total. The van der Waals surface area contributed by atoms with Crippen LogP contribution in [0.15, 0.2) is 53.7 Å². The Morgan fingerprint density at radius 3 is 2.46 bits per heavy atom. The van der Waals surface area contributed by atoms with E-state index in [0.29, 0.717) is 22.0 Å². The molecule has 1 unspecified atom stereocenters. The number of anilines is 1. The molecule has 0 aromatic heterocycles. The SMILES string of the molecule is CC1=C(C(=O)Nc2cc(Cl)ccc2C)C(c2ccc(C)cc2)NC(=O)N1. The molecule has 1 aliphatic heterocycles. The van der Waals surface area contributed by atoms with E-state index < -0.39 is 6.04 Å². The molecular formula is C20H20ClN3O2. The number of nitrogens with one attached hydrogen (secondary N) is 3. The van der Waals surface area contributed by atoms with Gasteiger partial charge in [0.15, 0.2) is 0 Å². The number of halogens is 1. The molecule has 0 bridgehead atoms. The molecule has 2 aromatic carbocycles. The molecule has 1 aliphatic rings. The minimum Gasteiger partial charge on any atom is -0.327 e. The number of amides is 3. The molecule has 134 valence electrons. The van der Waals surface area contributed by atoms with E-state index in [4.69, 9.17) is 11.6 Å². The quantitative estimate of drug-likeness (QED) is 0.757. The lowest BCUT2D eigenvalue weighted by Gasteiger charge is -2.29. The summed E-state index contributed by atoms with van der Waals surface area (Å²) in [5.41, 5.74) is 4.49. The third kappa shape index (κ3) is 3.73. The summed E-state index contributed by atoms with van der Waals surface area (Å²) in [6, 6.07) is 12.2. The number of aryl methyl sites for hydroxylation is 2. The Labute approximate surface area is 157 Å². The van der Waals surface area contributed by atoms with Crippen molar-refractivity contribution < 1.29 is 9.59 Å². The Hall–Kier alpha value is -2.79. The van der Waals surface area contributed by atoms with Crippen molar-refractivity contribution >= 4 is 29.2 Å². The summed E-state index contributed by atoms with van der Waals surface area (Å²) in [5.74, 6) is -0.286. The first-order chi connectivity index (χ1) is 12.3. The Morgan fingerprint density at radius 2 is 1.77 bits per heavy atom. The van der Waals surface area contributed by atoms with Crippen LogP contribution >= 0.6 is 11.6 Å². The molecule has 5 nitrogen and oxygen atoms in total. The van der Waals surface area contributed by atoms with Gasteiger partial charge in [-0.25, -0.2) is 4.79 Å². The van der Waals surface area contributed by atoms with E-state index in [2.05, 4.69) is 16.0 Å². The van der Waals surface area contributed by atoms with Gasteiger partial charge in [-0.2, -0.15) is 0 Å². The number of hydrogen-bond acceptors (Lipinski definition) is 2. The first kappa shape index (κ1) is 18.0. The minimum atomic E-state index is -0.524. The van der Waals surface area contributed by atoms with E-state index in [-0.39, 0.29) is 11.9 Å². The number of hydrogen-bond donors (Lipinski definition) is 3. The van der Waals surface area contributed by atoms with Crippen LogP contribution in [0.25, 0.3) is 0 Å². The van der Waals surface area contributed by atoms with Gasteiger partial charge in [-0.1, -0.05) is 47.5 Å². The Kier molecular flexibility index (Phi) is 5.00. The van der Waals surface area contributed by atoms with Crippen LogP contribution in [0.5, 0.6) is 0 Å². The number of carbonyl (C=O) groups is 2. The van der Waals surface area contributed by atoms with Gasteiger partial charge in [-0.3, -0.25) is 4.79 Å². The van der Waals surface area contributed by atoms with Gasteiger partial charge >= 0.3 is 6.03 Å². The molecule has 1 heterocycles. The molecule has 0 aliphatic carbocycles. The summed E-state index contributed by atoms with van der Waals surface area (Å²) in [6.45, 7) is 5.60. The third-order valence-corrected chi connectivity index (χ3v) is 4.61. The summed E-state index contributed by atoms with van der Waals surface area (Å²) in [4.78, 5) is 24.9. The number of benzene rings is 2. The number of rotatable bonds is 3. The van der Waals surface area contributed by atoms with Gasteiger partial charge in [0.25, 0.3) is 5.91 Å². The average Bonchev–Trinajstić information content (AvgIpc) is 2.58. The zero-order valence-corrected chi connectivity index (χ0v) is 15.6. The van der Waals surface area contributed by atoms with E-state index in [9.17, 15) is 9.59 Å². The van der Waals surface area contributed by atoms with Crippen molar-refractivity contribution in [3.05, 3.63) is 75.4 Å². The van der Waals surface area contributed by atoms with Gasteiger partial charge in [0, 0.05) is 16.4 Å². The molecule has 1 atom stereocenters. The van der Waals surface area contributed by atoms with Crippen LogP contribution < -0.4 is 16.0 Å². The monoisotopic (exact) mass is 369 g/mol. The lowest BCUT2D eigenvalue weighted by molar-refractivity contribution is -0.113. The van der Waals surface area contributed by atoms with Gasteiger partial charge in [-0.15, -0.1) is 0 Å². The van der Waals surface area contributed by atoms with E-state index >= 15 is 0 Å². The Bertz CT molecular complexity index is 904. The lowest BCUT2D eigenvalue weighted by atomic mass is 9.94. The van der Waals surface area contributed by atoms with E-state index in [0.717, 1.165) is 16.7 Å². The molecule has 0 saturated heterocycles. The average molecular weight is 370 g/mol. The van der Waals surface area contributed by atoms with Crippen LogP contribution in [0, 0.1) is 13.8 Å². The molecular weight excluding hydrogens is 350 g/mol. The molecule has 26 heavy (non-hydrogen) atoms. The molecule has 0 saturated carbocycles. The van der Waals surface area contributed by atoms with Crippen LogP contribution in [0.3, 0.4) is 0 Å². The predicted octanol–water partition coefficient (Wildman–Crippen LogP) is 4.22. The highest BCUT2D eigenvalue weighted by Gasteiger charge is 2.31. The van der Waals surface area contributed by atoms with Crippen molar-refractivity contribution in [1.82, 2.24) is 10.6 Å². The topological polar surface area (TPSA) is 70.2 Å². The van der Waals surface area contributed by atoms with Crippen molar-refractivity contribution in [3.63, 3.8) is 0 Å². The zero-order valence-electron chi connectivity index (χ0n) is 14.8. The van der Waals surface area contributed by atoms with Crippen LogP contribution in [-0.2, 0) is 4.79 Å². The molecule has 0 radical (unpaired) electrons. The molecule has 0 spiro atoms. The lowest BCUT2D eigenvalue weighted by Crippen LogP contribution is -2.46. The van der Waals surface area contributed by atoms with Crippen LogP contribution in [0.4, 0.5) is 10.5 Å². The predicted molar refractivity (Wildman–Crippen MR) is 103 cm³/mol. The fraction of sp³-hybridized carbons (Fsp3) is 0.200. The van der Waals surface area contributed by atoms with Gasteiger partial charge in [0.05, 0.1) is 11.6 Å². The van der Waals surface area contributed by atoms with Crippen molar-refractivity contribution in [2.75, 3.05) is 5.32 Å². The first-order valence-corrected chi connectivity index (χ1v) is 8.65. The molecule has 3 amide bonds. The third-order valence-electron chi connectivity index (χ3n) is 4.37. The minimum absolute atomic E-state index is 0.286. The second-order valence-corrected chi connectivity index (χ2v) is 6.83. The maximum Gasteiger partial charge on any atom is 0.319 e. The summed E-state index contributed by atoms with van der Waals surface area (Å²) in [6.07, 6.45) is 0. The van der Waals surface area contributed by atoms with Crippen molar-refractivity contribution in [1.29, 1.82) is 0 Å². The number of carbonyl (C=O) groups excluding carboxylic acids is 2. The largest absolute Gasteiger partial charge is 0.327 e. The first-order valence-electron chi connectivity index (χ1n) is 8.27. The summed E-state index contributed by atoms with van der Waals surface area (Å²) in [7, 11) is 0. The van der Waals surface area contributed by atoms with E-state index in [1.165, 1.54) is 0 Å². The summed E-state index contributed by atoms with van der Waals surface area (Å²) in [5, 5.41) is 8.95. The molecule has 3 rings (SSSR count). The van der Waals surface area contributed by atoms with Crippen LogP contribution in [0.2, 0.25) is 5.02 Å². The normalized spacial score (nSPS) is 16.8. The standard InChI is InChI=1S/C20H20ClN3O2/c1-11-4-7-14(8-5-11)18-17(13(3)22-20(26)24-18)19(25)23-16-10-15(21)9-6-12(16)2/h4-10,18H,1-3H3,(H,23,25)(H2,22,24,26). The highest BCUT2D eigenvalue weighted by Crippen LogP contribution is 2.29. The second-order valence-electron chi connectivity index (χ2n) is 6.39. The molecule has 0 fully saturated rings. The van der Waals surface area contributed by atoms with Crippen LogP contribution in [-0.4, -0.2) is 11.9 Å². The van der Waals surface area contributed by atoms with E-state index in [1.54, 1.807) is 19.1 Å². The van der Waals surface area contributed by atoms with Crippen LogP contribution in [0.1, 0.15) is 29.7 Å². The second kappa shape index (κ2) is 7.22. The maximum atomic E-state index is 13.0. The van der Waals surface area contributed by atoms with Gasteiger partial charge < -0.3 is 16.0 Å². The zero-order chi connectivity index (χ0) is 18.8. The number of allylic oxidation sites excluding steroid dienone is 1. The highest BCUT2D eigenvalue weighted by atomic mass is 35.5. The van der Waals surface area contributed by atoms with Gasteiger partial charge in [0.2, 0.25) is 0 Å². The van der Waals surface area contributed by atoms with Crippen molar-refractivity contribution in [3.8, 4) is 0 Å². The summed E-state index contributed by atoms with van der Waals surface area (Å²) < 4.78 is 0. The Morgan fingerprint density at radius 1 is 1.08 bits per heavy atom. The Balaban J connectivity index is 1.96. The highest BCUT2D eigenvalue weighted by molar-refractivity contribution is 6.31. The van der Waals surface area contributed by atoms with Crippen molar-refractivity contribution in [2.24, 2.45) is 0 Å². The molecule has 6 heteroatoms. The fourth-order valence-electron chi connectivity index (χ4n) is 2.92. The summed E-state index contributed by atoms with van der Waals surface area (Å²) >= 11 is 6.04. The smallest absolute Gasteiger partial charge is 0.319 e. The molecule has 2 aromatic rings. The number of urea groups is 1. The van der Waals surface area contributed by atoms with Gasteiger partial charge in [-0.05, 0) is 44.0 Å². The van der Waals surface area contributed by atoms with Crippen molar-refractivity contribution in [2.45, 2.75) is 26.8 Å². The van der Waals surface area contributed by atoms with E-state index in [1.807, 2.05) is 44.2 Å². The fourth-order valence-corrected chi connectivity index (χ4v) is 3.09. The maximum absolute atomic E-state index is 13.0. The van der Waals surface area contributed by atoms with Gasteiger partial charge in [0.1, 0.15) is 0 Å².